The number of nitrogens with zero attached hydrogens (tertiary/aromatic N) is 4. The van der Waals surface area contributed by atoms with Gasteiger partial charge in [-0.15, -0.1) is 0 Å². The molecule has 5 heteroatoms. The van der Waals surface area contributed by atoms with Gasteiger partial charge in [0.15, 0.2) is 0 Å². The fraction of sp³-hybridized carbons (Fsp3) is 0.286. The number of anilines is 2. The third-order valence-corrected chi connectivity index (χ3v) is 5.15. The summed E-state index contributed by atoms with van der Waals surface area (Å²) in [5.41, 5.74) is 2.93. The Kier molecular flexibility index (Phi) is 4.39. The summed E-state index contributed by atoms with van der Waals surface area (Å²) in [7, 11) is 4.14. The van der Waals surface area contributed by atoms with Crippen LogP contribution in [0.5, 0.6) is 0 Å². The number of para-hydroxylation sites is 1. The first-order valence-electron chi connectivity index (χ1n) is 9.01. The van der Waals surface area contributed by atoms with Crippen molar-refractivity contribution in [3.8, 4) is 0 Å². The Balaban J connectivity index is 1.65. The van der Waals surface area contributed by atoms with E-state index in [-0.39, 0.29) is 5.91 Å². The molecule has 1 aliphatic rings. The molecule has 1 saturated heterocycles. The Morgan fingerprint density at radius 3 is 2.35 bits per heavy atom. The molecule has 1 amide bonds. The molecule has 3 aromatic rings. The third-order valence-electron chi connectivity index (χ3n) is 5.15. The first kappa shape index (κ1) is 16.7. The summed E-state index contributed by atoms with van der Waals surface area (Å²) in [4.78, 5) is 19.2. The van der Waals surface area contributed by atoms with Crippen molar-refractivity contribution in [2.75, 3.05) is 45.2 Å². The Hall–Kier alpha value is -2.79. The van der Waals surface area contributed by atoms with E-state index in [1.54, 1.807) is 0 Å². The molecule has 0 bridgehead atoms. The quantitative estimate of drug-likeness (QED) is 0.729. The third kappa shape index (κ3) is 3.06. The molecular formula is C21H24N4O. The second kappa shape index (κ2) is 6.84. The van der Waals surface area contributed by atoms with Gasteiger partial charge in [0.1, 0.15) is 5.82 Å². The highest BCUT2D eigenvalue weighted by Crippen LogP contribution is 2.26. The van der Waals surface area contributed by atoms with Crippen LogP contribution in [0.25, 0.3) is 5.52 Å². The van der Waals surface area contributed by atoms with Gasteiger partial charge in [-0.2, -0.15) is 0 Å². The van der Waals surface area contributed by atoms with Crippen LogP contribution < -0.4 is 4.90 Å². The molecule has 1 aromatic carbocycles. The van der Waals surface area contributed by atoms with Gasteiger partial charge in [-0.25, -0.2) is 0 Å². The molecule has 3 heterocycles. The monoisotopic (exact) mass is 348 g/mol. The number of amides is 1. The van der Waals surface area contributed by atoms with Crippen molar-refractivity contribution in [3.05, 3.63) is 66.4 Å². The molecule has 26 heavy (non-hydrogen) atoms. The zero-order valence-corrected chi connectivity index (χ0v) is 15.3. The highest BCUT2D eigenvalue weighted by Gasteiger charge is 2.21. The number of hydrogen-bond donors (Lipinski definition) is 0. The standard InChI is InChI=1S/C21H24N4O/c1-22-12-14-24(15-13-22)21(26)17-8-9-19-10-11-20(25(19)16-17)23(2)18-6-4-3-5-7-18/h3-11,16H,12-15H2,1-2H3. The van der Waals surface area contributed by atoms with Gasteiger partial charge in [0.2, 0.25) is 0 Å². The van der Waals surface area contributed by atoms with E-state index in [9.17, 15) is 4.79 Å². The van der Waals surface area contributed by atoms with E-state index in [1.165, 1.54) is 0 Å². The van der Waals surface area contributed by atoms with Gasteiger partial charge < -0.3 is 19.1 Å². The van der Waals surface area contributed by atoms with Gasteiger partial charge in [0.05, 0.1) is 5.56 Å². The van der Waals surface area contributed by atoms with E-state index in [1.807, 2.05) is 48.5 Å². The van der Waals surface area contributed by atoms with Crippen molar-refractivity contribution in [3.63, 3.8) is 0 Å². The molecular weight excluding hydrogens is 324 g/mol. The zero-order valence-electron chi connectivity index (χ0n) is 15.3. The summed E-state index contributed by atoms with van der Waals surface area (Å²) in [5, 5.41) is 0. The van der Waals surface area contributed by atoms with E-state index in [0.717, 1.165) is 48.8 Å². The van der Waals surface area contributed by atoms with Crippen LogP contribution in [0, 0.1) is 0 Å². The van der Waals surface area contributed by atoms with Gasteiger partial charge in [0, 0.05) is 50.6 Å². The van der Waals surface area contributed by atoms with Crippen molar-refractivity contribution in [1.29, 1.82) is 0 Å². The molecule has 1 aliphatic heterocycles. The number of benzene rings is 1. The molecule has 0 saturated carbocycles. The maximum Gasteiger partial charge on any atom is 0.255 e. The molecule has 0 radical (unpaired) electrons. The van der Waals surface area contributed by atoms with Crippen molar-refractivity contribution in [2.45, 2.75) is 0 Å². The minimum Gasteiger partial charge on any atom is -0.336 e. The van der Waals surface area contributed by atoms with Gasteiger partial charge >= 0.3 is 0 Å². The second-order valence-electron chi connectivity index (χ2n) is 6.89. The largest absolute Gasteiger partial charge is 0.336 e. The van der Waals surface area contributed by atoms with E-state index >= 15 is 0 Å². The average Bonchev–Trinajstić information content (AvgIpc) is 3.11. The van der Waals surface area contributed by atoms with E-state index in [0.29, 0.717) is 0 Å². The average molecular weight is 348 g/mol. The van der Waals surface area contributed by atoms with E-state index in [4.69, 9.17) is 0 Å². The van der Waals surface area contributed by atoms with Gasteiger partial charge in [0.25, 0.3) is 5.91 Å². The molecule has 2 aromatic heterocycles. The van der Waals surface area contributed by atoms with Crippen LogP contribution in [0.3, 0.4) is 0 Å². The fourth-order valence-corrected chi connectivity index (χ4v) is 3.46. The number of fused-ring (bicyclic) bond motifs is 1. The smallest absolute Gasteiger partial charge is 0.255 e. The number of likely N-dealkylation sites (N-methyl/N-ethyl adjacent to an activating group) is 1. The van der Waals surface area contributed by atoms with E-state index in [2.05, 4.69) is 45.5 Å². The lowest BCUT2D eigenvalue weighted by molar-refractivity contribution is 0.0663. The molecule has 134 valence electrons. The van der Waals surface area contributed by atoms with Crippen LogP contribution >= 0.6 is 0 Å². The lowest BCUT2D eigenvalue weighted by Crippen LogP contribution is -2.47. The number of carbonyl (C=O) groups excluding carboxylic acids is 1. The van der Waals surface area contributed by atoms with Crippen molar-refractivity contribution in [1.82, 2.24) is 14.2 Å². The van der Waals surface area contributed by atoms with Gasteiger partial charge in [-0.05, 0) is 43.4 Å². The summed E-state index contributed by atoms with van der Waals surface area (Å²) in [6, 6.07) is 18.4. The normalized spacial score (nSPS) is 15.4. The predicted octanol–water partition coefficient (Wildman–Crippen LogP) is 3.09. The molecule has 4 rings (SSSR count). The Bertz CT molecular complexity index is 910. The van der Waals surface area contributed by atoms with Crippen LogP contribution in [0.2, 0.25) is 0 Å². The summed E-state index contributed by atoms with van der Waals surface area (Å²) in [6.07, 6.45) is 1.96. The zero-order chi connectivity index (χ0) is 18.1. The van der Waals surface area contributed by atoms with Crippen molar-refractivity contribution < 1.29 is 4.79 Å². The highest BCUT2D eigenvalue weighted by atomic mass is 16.2. The van der Waals surface area contributed by atoms with Crippen molar-refractivity contribution >= 4 is 22.9 Å². The Morgan fingerprint density at radius 2 is 1.62 bits per heavy atom. The Morgan fingerprint density at radius 1 is 0.923 bits per heavy atom. The first-order chi connectivity index (χ1) is 12.6. The number of rotatable bonds is 3. The summed E-state index contributed by atoms with van der Waals surface area (Å²) >= 11 is 0. The molecule has 0 N–H and O–H groups in total. The topological polar surface area (TPSA) is 31.2 Å². The minimum atomic E-state index is 0.113. The minimum absolute atomic E-state index is 0.113. The maximum absolute atomic E-state index is 12.9. The van der Waals surface area contributed by atoms with Gasteiger partial charge in [-0.3, -0.25) is 4.79 Å². The summed E-state index contributed by atoms with van der Waals surface area (Å²) < 4.78 is 2.09. The highest BCUT2D eigenvalue weighted by molar-refractivity contribution is 5.94. The number of carbonyl (C=O) groups is 1. The molecule has 5 nitrogen and oxygen atoms in total. The number of hydrogen-bond acceptors (Lipinski definition) is 3. The number of piperazine rings is 1. The predicted molar refractivity (Wildman–Crippen MR) is 105 cm³/mol. The SMILES string of the molecule is CN1CCN(C(=O)c2ccc3ccc(N(C)c4ccccc4)n3c2)CC1. The molecule has 0 spiro atoms. The van der Waals surface area contributed by atoms with Crippen LogP contribution in [0.1, 0.15) is 10.4 Å². The summed E-state index contributed by atoms with van der Waals surface area (Å²) in [5.74, 6) is 1.15. The number of pyridine rings is 1. The number of aromatic nitrogens is 1. The lowest BCUT2D eigenvalue weighted by Gasteiger charge is -2.32. The van der Waals surface area contributed by atoms with E-state index < -0.39 is 0 Å². The van der Waals surface area contributed by atoms with Crippen LogP contribution in [0.15, 0.2) is 60.8 Å². The molecule has 0 atom stereocenters. The molecule has 1 fully saturated rings. The first-order valence-corrected chi connectivity index (χ1v) is 9.01. The summed E-state index contributed by atoms with van der Waals surface area (Å²) in [6.45, 7) is 3.44. The lowest BCUT2D eigenvalue weighted by atomic mass is 10.2. The van der Waals surface area contributed by atoms with Crippen LogP contribution in [-0.2, 0) is 0 Å². The van der Waals surface area contributed by atoms with Gasteiger partial charge in [-0.1, -0.05) is 18.2 Å². The molecule has 0 unspecified atom stereocenters. The second-order valence-corrected chi connectivity index (χ2v) is 6.89. The van der Waals surface area contributed by atoms with Crippen molar-refractivity contribution in [2.24, 2.45) is 0 Å². The van der Waals surface area contributed by atoms with Crippen LogP contribution in [0.4, 0.5) is 11.5 Å². The maximum atomic E-state index is 12.9. The Labute approximate surface area is 154 Å². The van der Waals surface area contributed by atoms with Crippen LogP contribution in [-0.4, -0.2) is 60.4 Å². The fourth-order valence-electron chi connectivity index (χ4n) is 3.46. The molecule has 0 aliphatic carbocycles.